The van der Waals surface area contributed by atoms with E-state index in [0.29, 0.717) is 44.2 Å². The van der Waals surface area contributed by atoms with Crippen LogP contribution in [0.4, 0.5) is 0 Å². The molecule has 1 aliphatic heterocycles. The second-order valence-electron chi connectivity index (χ2n) is 6.63. The first-order valence-electron chi connectivity index (χ1n) is 9.89. The highest BCUT2D eigenvalue weighted by atomic mass is 16.6. The fourth-order valence-electron chi connectivity index (χ4n) is 3.57. The minimum Gasteiger partial charge on any atom is -0.491 e. The Balaban J connectivity index is 1.87. The number of H-pyrrole nitrogens is 1. The third-order valence-electron chi connectivity index (χ3n) is 4.73. The summed E-state index contributed by atoms with van der Waals surface area (Å²) in [7, 11) is 0. The van der Waals surface area contributed by atoms with Gasteiger partial charge in [0.15, 0.2) is 17.2 Å². The number of benzene rings is 1. The number of aromatic nitrogens is 1. The van der Waals surface area contributed by atoms with Crippen LogP contribution in [0.25, 0.3) is 10.9 Å². The summed E-state index contributed by atoms with van der Waals surface area (Å²) in [5.74, 6) is 0.948. The lowest BCUT2D eigenvalue weighted by Crippen LogP contribution is -2.08. The highest BCUT2D eigenvalue weighted by Gasteiger charge is 2.32. The summed E-state index contributed by atoms with van der Waals surface area (Å²) in [5, 5.41) is 0.875. The first kappa shape index (κ1) is 20.0. The average Bonchev–Trinajstić information content (AvgIpc) is 3.17. The van der Waals surface area contributed by atoms with Crippen LogP contribution in [-0.2, 0) is 20.7 Å². The molecule has 1 fully saturated rings. The molecule has 1 unspecified atom stereocenters. The van der Waals surface area contributed by atoms with Crippen molar-refractivity contribution in [2.75, 3.05) is 19.8 Å². The summed E-state index contributed by atoms with van der Waals surface area (Å²) in [5.41, 5.74) is 1.87. The van der Waals surface area contributed by atoms with Crippen LogP contribution in [0.5, 0.6) is 17.2 Å². The van der Waals surface area contributed by atoms with Gasteiger partial charge in [0, 0.05) is 0 Å². The van der Waals surface area contributed by atoms with Crippen LogP contribution in [0.1, 0.15) is 45.7 Å². The maximum atomic E-state index is 11.6. The fraction of sp³-hybridized carbons (Fsp3) is 0.524. The Hall–Kier alpha value is -2.70. The summed E-state index contributed by atoms with van der Waals surface area (Å²) in [6.07, 6.45) is 2.21. The van der Waals surface area contributed by atoms with Gasteiger partial charge >= 0.3 is 11.9 Å². The second kappa shape index (κ2) is 8.99. The summed E-state index contributed by atoms with van der Waals surface area (Å²) < 4.78 is 22.2. The van der Waals surface area contributed by atoms with Crippen LogP contribution in [0, 0.1) is 5.92 Å². The molecule has 0 amide bonds. The molecule has 7 heteroatoms. The number of carbonyl (C=O) groups excluding carboxylic acids is 2. The fourth-order valence-corrected chi connectivity index (χ4v) is 3.57. The molecular weight excluding hydrogens is 362 g/mol. The monoisotopic (exact) mass is 389 g/mol. The van der Waals surface area contributed by atoms with E-state index in [1.165, 1.54) is 0 Å². The quantitative estimate of drug-likeness (QED) is 0.492. The van der Waals surface area contributed by atoms with E-state index in [1.807, 2.05) is 32.9 Å². The molecule has 2 heterocycles. The summed E-state index contributed by atoms with van der Waals surface area (Å²) in [6.45, 7) is 7.39. The van der Waals surface area contributed by atoms with E-state index in [2.05, 4.69) is 9.72 Å². The Bertz CT molecular complexity index is 856. The van der Waals surface area contributed by atoms with Crippen molar-refractivity contribution in [1.29, 1.82) is 0 Å². The van der Waals surface area contributed by atoms with E-state index in [4.69, 9.17) is 14.2 Å². The number of carbonyl (C=O) groups is 2. The number of aryl methyl sites for hydroxylation is 1. The number of nitrogens with one attached hydrogen (secondary N) is 1. The highest BCUT2D eigenvalue weighted by Crippen LogP contribution is 2.43. The molecule has 3 rings (SSSR count). The largest absolute Gasteiger partial charge is 0.491 e. The van der Waals surface area contributed by atoms with Gasteiger partial charge in [0.1, 0.15) is 0 Å². The van der Waals surface area contributed by atoms with Crippen LogP contribution in [0.3, 0.4) is 0 Å². The number of hydrogen-bond donors (Lipinski definition) is 1. The minimum absolute atomic E-state index is 0.177. The number of esters is 2. The lowest BCUT2D eigenvalue weighted by Gasteiger charge is -2.13. The third kappa shape index (κ3) is 4.08. The number of rotatable bonds is 10. The van der Waals surface area contributed by atoms with Crippen LogP contribution < -0.4 is 14.2 Å². The van der Waals surface area contributed by atoms with Gasteiger partial charge in [-0.3, -0.25) is 9.59 Å². The van der Waals surface area contributed by atoms with Gasteiger partial charge in [0.05, 0.1) is 48.8 Å². The Morgan fingerprint density at radius 1 is 1.04 bits per heavy atom. The minimum atomic E-state index is -0.430. The van der Waals surface area contributed by atoms with Crippen molar-refractivity contribution in [2.45, 2.75) is 46.5 Å². The van der Waals surface area contributed by atoms with E-state index in [9.17, 15) is 9.59 Å². The van der Waals surface area contributed by atoms with Gasteiger partial charge in [-0.1, -0.05) is 0 Å². The van der Waals surface area contributed by atoms with Crippen molar-refractivity contribution in [3.8, 4) is 17.2 Å². The van der Waals surface area contributed by atoms with E-state index in [-0.39, 0.29) is 12.3 Å². The Morgan fingerprint density at radius 2 is 1.75 bits per heavy atom. The number of hydrogen-bond acceptors (Lipinski definition) is 6. The molecule has 1 saturated heterocycles. The second-order valence-corrected chi connectivity index (χ2v) is 6.63. The topological polar surface area (TPSA) is 86.9 Å². The molecule has 0 spiro atoms. The average molecular weight is 389 g/mol. The SMILES string of the molecule is CCOc1ccc2[nH]c(CCCC3CC(=O)OC3=O)c(OCC)c2c1OCC. The van der Waals surface area contributed by atoms with E-state index in [1.54, 1.807) is 0 Å². The van der Waals surface area contributed by atoms with Gasteiger partial charge < -0.3 is 23.9 Å². The molecule has 0 aliphatic carbocycles. The molecule has 1 aliphatic rings. The van der Waals surface area contributed by atoms with Gasteiger partial charge in [-0.15, -0.1) is 0 Å². The Kier molecular flexibility index (Phi) is 6.44. The molecule has 28 heavy (non-hydrogen) atoms. The molecule has 1 aromatic heterocycles. The lowest BCUT2D eigenvalue weighted by atomic mass is 9.99. The summed E-state index contributed by atoms with van der Waals surface area (Å²) >= 11 is 0. The zero-order chi connectivity index (χ0) is 20.1. The molecule has 1 atom stereocenters. The zero-order valence-corrected chi connectivity index (χ0v) is 16.6. The number of fused-ring (bicyclic) bond motifs is 1. The Morgan fingerprint density at radius 3 is 2.39 bits per heavy atom. The zero-order valence-electron chi connectivity index (χ0n) is 16.6. The van der Waals surface area contributed by atoms with Gasteiger partial charge in [-0.2, -0.15) is 0 Å². The smallest absolute Gasteiger partial charge is 0.317 e. The number of aromatic amines is 1. The number of ether oxygens (including phenoxy) is 4. The van der Waals surface area contributed by atoms with Crippen LogP contribution in [0.2, 0.25) is 0 Å². The van der Waals surface area contributed by atoms with Crippen LogP contribution in [0.15, 0.2) is 12.1 Å². The normalized spacial score (nSPS) is 16.5. The molecular formula is C21H27NO6. The van der Waals surface area contributed by atoms with Crippen molar-refractivity contribution in [3.63, 3.8) is 0 Å². The van der Waals surface area contributed by atoms with Crippen LogP contribution >= 0.6 is 0 Å². The summed E-state index contributed by atoms with van der Waals surface area (Å²) in [6, 6.07) is 3.86. The maximum absolute atomic E-state index is 11.6. The van der Waals surface area contributed by atoms with Crippen LogP contribution in [-0.4, -0.2) is 36.7 Å². The first-order chi connectivity index (χ1) is 13.6. The molecule has 152 valence electrons. The Labute approximate surface area is 164 Å². The van der Waals surface area contributed by atoms with E-state index >= 15 is 0 Å². The van der Waals surface area contributed by atoms with Gasteiger partial charge in [0.2, 0.25) is 0 Å². The van der Waals surface area contributed by atoms with Gasteiger partial charge in [-0.25, -0.2) is 0 Å². The molecule has 1 N–H and O–H groups in total. The lowest BCUT2D eigenvalue weighted by molar-refractivity contribution is -0.153. The standard InChI is InChI=1S/C21H27NO6/c1-4-25-16-11-10-14-18(20(16)27-6-3)19(26-5-2)15(22-14)9-7-8-13-12-17(23)28-21(13)24/h10-11,13,22H,4-9,12H2,1-3H3. The van der Waals surface area contributed by atoms with Gasteiger partial charge in [0.25, 0.3) is 0 Å². The first-order valence-corrected chi connectivity index (χ1v) is 9.89. The molecule has 2 aromatic rings. The van der Waals surface area contributed by atoms with Crippen molar-refractivity contribution in [1.82, 2.24) is 4.98 Å². The predicted octanol–water partition coefficient (Wildman–Crippen LogP) is 3.78. The third-order valence-corrected chi connectivity index (χ3v) is 4.73. The van der Waals surface area contributed by atoms with E-state index in [0.717, 1.165) is 28.8 Å². The maximum Gasteiger partial charge on any atom is 0.317 e. The summed E-state index contributed by atoms with van der Waals surface area (Å²) in [4.78, 5) is 26.3. The van der Waals surface area contributed by atoms with Crippen molar-refractivity contribution >= 4 is 22.8 Å². The molecule has 0 bridgehead atoms. The van der Waals surface area contributed by atoms with Gasteiger partial charge in [-0.05, 0) is 52.2 Å². The predicted molar refractivity (Wildman–Crippen MR) is 104 cm³/mol. The van der Waals surface area contributed by atoms with E-state index < -0.39 is 11.9 Å². The number of cyclic esters (lactones) is 2. The van der Waals surface area contributed by atoms with Crippen molar-refractivity contribution < 1.29 is 28.5 Å². The molecule has 1 aromatic carbocycles. The van der Waals surface area contributed by atoms with Crippen molar-refractivity contribution in [2.24, 2.45) is 5.92 Å². The highest BCUT2D eigenvalue weighted by molar-refractivity contribution is 5.96. The van der Waals surface area contributed by atoms with Crippen molar-refractivity contribution in [3.05, 3.63) is 17.8 Å². The molecule has 7 nitrogen and oxygen atoms in total. The molecule has 0 saturated carbocycles. The molecule has 0 radical (unpaired) electrons.